The van der Waals surface area contributed by atoms with Gasteiger partial charge < -0.3 is 5.32 Å². The fourth-order valence-corrected chi connectivity index (χ4v) is 1.15. The van der Waals surface area contributed by atoms with Gasteiger partial charge in [-0.3, -0.25) is 0 Å². The first-order valence-corrected chi connectivity index (χ1v) is 6.00. The van der Waals surface area contributed by atoms with E-state index in [2.05, 4.69) is 34.3 Å². The van der Waals surface area contributed by atoms with Crippen LogP contribution in [0.2, 0.25) is 0 Å². The Morgan fingerprint density at radius 3 is 2.35 bits per heavy atom. The Morgan fingerprint density at radius 2 is 1.76 bits per heavy atom. The number of hydrogen-bond donors (Lipinski definition) is 1. The van der Waals surface area contributed by atoms with Gasteiger partial charge in [-0.05, 0) is 24.6 Å². The summed E-state index contributed by atoms with van der Waals surface area (Å²) >= 11 is 0. The van der Waals surface area contributed by atoms with Crippen molar-refractivity contribution in [1.82, 2.24) is 15.2 Å². The zero-order chi connectivity index (χ0) is 12.7. The average molecular weight is 232 g/mol. The summed E-state index contributed by atoms with van der Waals surface area (Å²) in [4.78, 5) is 4.27. The second kappa shape index (κ2) is 6.78. The number of rotatable bonds is 2. The second-order valence-electron chi connectivity index (χ2n) is 3.88. The van der Waals surface area contributed by atoms with E-state index in [0.29, 0.717) is 5.95 Å². The third-order valence-electron chi connectivity index (χ3n) is 2.33. The Kier molecular flexibility index (Phi) is 5.33. The van der Waals surface area contributed by atoms with Crippen molar-refractivity contribution in [1.29, 1.82) is 0 Å². The van der Waals surface area contributed by atoms with E-state index in [0.717, 1.165) is 11.0 Å². The van der Waals surface area contributed by atoms with Crippen LogP contribution in [0.1, 0.15) is 32.3 Å². The van der Waals surface area contributed by atoms with Crippen LogP contribution < -0.4 is 5.32 Å². The number of benzene rings is 1. The van der Waals surface area contributed by atoms with E-state index >= 15 is 0 Å². The van der Waals surface area contributed by atoms with Gasteiger partial charge in [-0.1, -0.05) is 32.8 Å². The minimum Gasteiger partial charge on any atom is -0.356 e. The first-order chi connectivity index (χ1) is 8.21. The average Bonchev–Trinajstić information content (AvgIpc) is 2.38. The van der Waals surface area contributed by atoms with Gasteiger partial charge in [0.05, 0.1) is 5.52 Å². The highest BCUT2D eigenvalue weighted by atomic mass is 15.2. The molecule has 2 rings (SSSR count). The third kappa shape index (κ3) is 3.98. The van der Waals surface area contributed by atoms with Crippen LogP contribution in [0.25, 0.3) is 11.0 Å². The van der Waals surface area contributed by atoms with Gasteiger partial charge in [0.25, 0.3) is 0 Å². The minimum absolute atomic E-state index is 0.554. The molecule has 92 valence electrons. The van der Waals surface area contributed by atoms with Crippen LogP contribution in [0.5, 0.6) is 0 Å². The number of fused-ring (bicyclic) bond motifs is 1. The molecule has 0 aliphatic carbocycles. The highest BCUT2D eigenvalue weighted by molar-refractivity contribution is 5.75. The quantitative estimate of drug-likeness (QED) is 0.864. The lowest BCUT2D eigenvalue weighted by molar-refractivity contribution is 0.886. The van der Waals surface area contributed by atoms with Crippen molar-refractivity contribution in [3.05, 3.63) is 23.8 Å². The number of nitrogens with zero attached hydrogens (tertiary/aromatic N) is 3. The smallest absolute Gasteiger partial charge is 0.243 e. The predicted molar refractivity (Wildman–Crippen MR) is 72.2 cm³/mol. The lowest BCUT2D eigenvalue weighted by atomic mass is 10.2. The van der Waals surface area contributed by atoms with Crippen LogP contribution in [0, 0.1) is 6.92 Å². The maximum Gasteiger partial charge on any atom is 0.243 e. The largest absolute Gasteiger partial charge is 0.356 e. The van der Waals surface area contributed by atoms with Gasteiger partial charge in [0.2, 0.25) is 5.95 Å². The molecule has 1 aromatic heterocycles. The molecule has 0 aliphatic heterocycles. The number of aromatic nitrogens is 3. The summed E-state index contributed by atoms with van der Waals surface area (Å²) in [5.41, 5.74) is 2.87. The summed E-state index contributed by atoms with van der Waals surface area (Å²) in [6, 6.07) is 5.91. The summed E-state index contributed by atoms with van der Waals surface area (Å²) in [7, 11) is 1.78. The molecule has 0 spiro atoms. The SMILES string of the molecule is CCCC.CNc1nnc2ccc(C)cc2n1. The minimum atomic E-state index is 0.554. The van der Waals surface area contributed by atoms with E-state index in [1.54, 1.807) is 7.05 Å². The molecular formula is C13H20N4. The van der Waals surface area contributed by atoms with E-state index in [-0.39, 0.29) is 0 Å². The molecule has 4 heteroatoms. The standard InChI is InChI=1S/C9H10N4.C4H10/c1-6-3-4-7-8(5-6)11-9(10-2)13-12-7;1-3-4-2/h3-5H,1-2H3,(H,10,11,13);3-4H2,1-2H3. The van der Waals surface area contributed by atoms with E-state index < -0.39 is 0 Å². The van der Waals surface area contributed by atoms with Crippen LogP contribution in [0.4, 0.5) is 5.95 Å². The van der Waals surface area contributed by atoms with E-state index in [4.69, 9.17) is 0 Å². The molecule has 0 saturated heterocycles. The molecule has 1 heterocycles. The molecule has 0 atom stereocenters. The number of unbranched alkanes of at least 4 members (excludes halogenated alkanes) is 1. The van der Waals surface area contributed by atoms with Crippen molar-refractivity contribution >= 4 is 17.0 Å². The Bertz CT molecular complexity index is 466. The maximum atomic E-state index is 4.27. The van der Waals surface area contributed by atoms with E-state index in [1.165, 1.54) is 18.4 Å². The van der Waals surface area contributed by atoms with Crippen molar-refractivity contribution in [2.45, 2.75) is 33.6 Å². The molecule has 17 heavy (non-hydrogen) atoms. The second-order valence-corrected chi connectivity index (χ2v) is 3.88. The van der Waals surface area contributed by atoms with Crippen molar-refractivity contribution in [3.8, 4) is 0 Å². The summed E-state index contributed by atoms with van der Waals surface area (Å²) in [5.74, 6) is 0.554. The first kappa shape index (κ1) is 13.4. The molecule has 0 fully saturated rings. The van der Waals surface area contributed by atoms with Crippen LogP contribution in [0.3, 0.4) is 0 Å². The van der Waals surface area contributed by atoms with E-state index in [9.17, 15) is 0 Å². The van der Waals surface area contributed by atoms with Crippen LogP contribution in [-0.2, 0) is 0 Å². The summed E-state index contributed by atoms with van der Waals surface area (Å²) in [6.45, 7) is 6.39. The molecule has 0 amide bonds. The van der Waals surface area contributed by atoms with Gasteiger partial charge >= 0.3 is 0 Å². The molecular weight excluding hydrogens is 212 g/mol. The van der Waals surface area contributed by atoms with Gasteiger partial charge in [-0.2, -0.15) is 0 Å². The highest BCUT2D eigenvalue weighted by Crippen LogP contribution is 2.11. The van der Waals surface area contributed by atoms with Gasteiger partial charge in [-0.15, -0.1) is 10.2 Å². The topological polar surface area (TPSA) is 50.7 Å². The first-order valence-electron chi connectivity index (χ1n) is 6.00. The van der Waals surface area contributed by atoms with Crippen LogP contribution in [-0.4, -0.2) is 22.2 Å². The predicted octanol–water partition coefficient (Wildman–Crippen LogP) is 3.18. The normalized spacial score (nSPS) is 9.65. The third-order valence-corrected chi connectivity index (χ3v) is 2.33. The van der Waals surface area contributed by atoms with Crippen molar-refractivity contribution in [3.63, 3.8) is 0 Å². The Hall–Kier alpha value is -1.71. The van der Waals surface area contributed by atoms with Gasteiger partial charge in [0.1, 0.15) is 5.52 Å². The zero-order valence-electron chi connectivity index (χ0n) is 11.0. The lowest BCUT2D eigenvalue weighted by Crippen LogP contribution is -1.98. The molecule has 0 unspecified atom stereocenters. The van der Waals surface area contributed by atoms with Crippen LogP contribution in [0.15, 0.2) is 18.2 Å². The van der Waals surface area contributed by atoms with Crippen molar-refractivity contribution < 1.29 is 0 Å². The molecule has 2 aromatic rings. The van der Waals surface area contributed by atoms with Gasteiger partial charge in [0, 0.05) is 7.05 Å². The highest BCUT2D eigenvalue weighted by Gasteiger charge is 1.98. The van der Waals surface area contributed by atoms with Crippen LogP contribution >= 0.6 is 0 Å². The van der Waals surface area contributed by atoms with E-state index in [1.807, 2.05) is 25.1 Å². The summed E-state index contributed by atoms with van der Waals surface area (Å²) in [6.07, 6.45) is 2.64. The zero-order valence-corrected chi connectivity index (χ0v) is 11.0. The maximum absolute atomic E-state index is 4.27. The molecule has 0 radical (unpaired) electrons. The Morgan fingerprint density at radius 1 is 1.06 bits per heavy atom. The van der Waals surface area contributed by atoms with Crippen molar-refractivity contribution in [2.75, 3.05) is 12.4 Å². The monoisotopic (exact) mass is 232 g/mol. The summed E-state index contributed by atoms with van der Waals surface area (Å²) in [5, 5.41) is 10.8. The Labute approximate surface area is 102 Å². The molecule has 0 saturated carbocycles. The Balaban J connectivity index is 0.000000317. The van der Waals surface area contributed by atoms with Gasteiger partial charge in [-0.25, -0.2) is 4.98 Å². The molecule has 1 aromatic carbocycles. The summed E-state index contributed by atoms with van der Waals surface area (Å²) < 4.78 is 0. The number of hydrogen-bond acceptors (Lipinski definition) is 4. The van der Waals surface area contributed by atoms with Gasteiger partial charge in [0.15, 0.2) is 0 Å². The fraction of sp³-hybridized carbons (Fsp3) is 0.462. The molecule has 1 N–H and O–H groups in total. The molecule has 0 aliphatic rings. The number of nitrogens with one attached hydrogen (secondary N) is 1. The number of aryl methyl sites for hydroxylation is 1. The van der Waals surface area contributed by atoms with Crippen molar-refractivity contribution in [2.24, 2.45) is 0 Å². The fourth-order valence-electron chi connectivity index (χ4n) is 1.15. The lowest BCUT2D eigenvalue weighted by Gasteiger charge is -1.99. The number of anilines is 1. The molecule has 0 bridgehead atoms. The molecule has 4 nitrogen and oxygen atoms in total.